The number of sulfonamides is 1. The Morgan fingerprint density at radius 2 is 1.71 bits per heavy atom. The molecular weight excluding hydrogens is 290 g/mol. The predicted molar refractivity (Wildman–Crippen MR) is 81.4 cm³/mol. The molecule has 0 fully saturated rings. The fourth-order valence-electron chi connectivity index (χ4n) is 1.82. The van der Waals surface area contributed by atoms with Gasteiger partial charge in [0, 0.05) is 16.9 Å². The first-order valence-electron chi connectivity index (χ1n) is 6.08. The van der Waals surface area contributed by atoms with E-state index in [0.717, 1.165) is 0 Å². The lowest BCUT2D eigenvalue weighted by Crippen LogP contribution is -2.16. The minimum Gasteiger partial charge on any atom is -0.399 e. The van der Waals surface area contributed by atoms with Gasteiger partial charge in [-0.1, -0.05) is 6.07 Å². The van der Waals surface area contributed by atoms with Gasteiger partial charge >= 0.3 is 0 Å². The molecule has 0 aliphatic carbocycles. The summed E-state index contributed by atoms with van der Waals surface area (Å²) in [5.74, 6) is -0.362. The standard InChI is InChI=1S/C14H15N3O3S/c1-9-2-7-12(8-13(9)21(16,19)20)17-14(18)10-3-5-11(15)6-4-10/h2-8H,15H2,1H3,(H,17,18)(H2,16,19,20). The third kappa shape index (κ3) is 3.59. The Hall–Kier alpha value is -2.38. The fraction of sp³-hybridized carbons (Fsp3) is 0.0714. The average Bonchev–Trinajstić information content (AvgIpc) is 2.40. The Labute approximate surface area is 122 Å². The van der Waals surface area contributed by atoms with Gasteiger partial charge < -0.3 is 11.1 Å². The van der Waals surface area contributed by atoms with Crippen LogP contribution in [0.3, 0.4) is 0 Å². The molecule has 0 aliphatic heterocycles. The maximum absolute atomic E-state index is 12.0. The first kappa shape index (κ1) is 15.0. The number of carbonyl (C=O) groups excluding carboxylic acids is 1. The van der Waals surface area contributed by atoms with E-state index in [-0.39, 0.29) is 10.8 Å². The molecule has 0 bridgehead atoms. The molecule has 2 aromatic carbocycles. The molecular formula is C14H15N3O3S. The van der Waals surface area contributed by atoms with Crippen molar-refractivity contribution in [1.29, 1.82) is 0 Å². The van der Waals surface area contributed by atoms with Crippen LogP contribution in [0.15, 0.2) is 47.4 Å². The Morgan fingerprint density at radius 3 is 2.29 bits per heavy atom. The zero-order valence-corrected chi connectivity index (χ0v) is 12.1. The highest BCUT2D eigenvalue weighted by Crippen LogP contribution is 2.19. The molecule has 7 heteroatoms. The van der Waals surface area contributed by atoms with Crippen LogP contribution in [0.2, 0.25) is 0 Å². The second-order valence-corrected chi connectivity index (χ2v) is 6.13. The summed E-state index contributed by atoms with van der Waals surface area (Å²) in [4.78, 5) is 12.0. The summed E-state index contributed by atoms with van der Waals surface area (Å²) < 4.78 is 22.9. The van der Waals surface area contributed by atoms with E-state index in [1.807, 2.05) is 0 Å². The molecule has 5 N–H and O–H groups in total. The molecule has 2 rings (SSSR count). The summed E-state index contributed by atoms with van der Waals surface area (Å²) in [6, 6.07) is 10.9. The maximum atomic E-state index is 12.0. The number of rotatable bonds is 3. The molecule has 21 heavy (non-hydrogen) atoms. The predicted octanol–water partition coefficient (Wildman–Crippen LogP) is 1.48. The van der Waals surface area contributed by atoms with Crippen molar-refractivity contribution in [2.24, 2.45) is 5.14 Å². The van der Waals surface area contributed by atoms with Gasteiger partial charge in [-0.3, -0.25) is 4.79 Å². The Bertz CT molecular complexity index is 784. The second-order valence-electron chi connectivity index (χ2n) is 4.60. The van der Waals surface area contributed by atoms with Crippen LogP contribution < -0.4 is 16.2 Å². The number of nitrogens with one attached hydrogen (secondary N) is 1. The van der Waals surface area contributed by atoms with Gasteiger partial charge in [0.25, 0.3) is 5.91 Å². The summed E-state index contributed by atoms with van der Waals surface area (Å²) in [6.07, 6.45) is 0. The number of primary sulfonamides is 1. The monoisotopic (exact) mass is 305 g/mol. The first-order chi connectivity index (χ1) is 9.77. The van der Waals surface area contributed by atoms with E-state index in [9.17, 15) is 13.2 Å². The number of aryl methyl sites for hydroxylation is 1. The lowest BCUT2D eigenvalue weighted by atomic mass is 10.2. The second kappa shape index (κ2) is 5.55. The van der Waals surface area contributed by atoms with Crippen molar-refractivity contribution in [3.8, 4) is 0 Å². The highest BCUT2D eigenvalue weighted by molar-refractivity contribution is 7.89. The van der Waals surface area contributed by atoms with Crippen LogP contribution in [0, 0.1) is 6.92 Å². The lowest BCUT2D eigenvalue weighted by Gasteiger charge is -2.09. The van der Waals surface area contributed by atoms with Crippen LogP contribution in [0.25, 0.3) is 0 Å². The molecule has 0 spiro atoms. The fourth-order valence-corrected chi connectivity index (χ4v) is 2.63. The van der Waals surface area contributed by atoms with E-state index in [1.54, 1.807) is 43.3 Å². The summed E-state index contributed by atoms with van der Waals surface area (Å²) >= 11 is 0. The van der Waals surface area contributed by atoms with Crippen molar-refractivity contribution < 1.29 is 13.2 Å². The van der Waals surface area contributed by atoms with Crippen molar-refractivity contribution in [2.75, 3.05) is 11.1 Å². The van der Waals surface area contributed by atoms with E-state index in [1.165, 1.54) is 6.07 Å². The van der Waals surface area contributed by atoms with Crippen molar-refractivity contribution in [1.82, 2.24) is 0 Å². The zero-order chi connectivity index (χ0) is 15.6. The topological polar surface area (TPSA) is 115 Å². The quantitative estimate of drug-likeness (QED) is 0.745. The summed E-state index contributed by atoms with van der Waals surface area (Å²) in [7, 11) is -3.83. The van der Waals surface area contributed by atoms with Gasteiger partial charge in [-0.05, 0) is 48.9 Å². The molecule has 1 amide bonds. The normalized spacial score (nSPS) is 11.1. The third-order valence-corrected chi connectivity index (χ3v) is 3.98. The Morgan fingerprint density at radius 1 is 1.10 bits per heavy atom. The van der Waals surface area contributed by atoms with Gasteiger partial charge in [-0.2, -0.15) is 0 Å². The highest BCUT2D eigenvalue weighted by atomic mass is 32.2. The number of nitrogen functional groups attached to an aromatic ring is 1. The summed E-state index contributed by atoms with van der Waals surface area (Å²) in [6.45, 7) is 1.63. The number of nitrogens with two attached hydrogens (primary N) is 2. The molecule has 0 saturated carbocycles. The Balaban J connectivity index is 2.28. The SMILES string of the molecule is Cc1ccc(NC(=O)c2ccc(N)cc2)cc1S(N)(=O)=O. The van der Waals surface area contributed by atoms with Crippen molar-refractivity contribution >= 4 is 27.3 Å². The number of carbonyl (C=O) groups is 1. The van der Waals surface area contributed by atoms with Gasteiger partial charge in [0.05, 0.1) is 4.90 Å². The van der Waals surface area contributed by atoms with Gasteiger partial charge in [-0.25, -0.2) is 13.6 Å². The molecule has 0 unspecified atom stereocenters. The maximum Gasteiger partial charge on any atom is 0.255 e. The average molecular weight is 305 g/mol. The van der Waals surface area contributed by atoms with Crippen molar-refractivity contribution in [3.63, 3.8) is 0 Å². The number of anilines is 2. The van der Waals surface area contributed by atoms with E-state index in [0.29, 0.717) is 22.5 Å². The van der Waals surface area contributed by atoms with E-state index in [2.05, 4.69) is 5.32 Å². The largest absolute Gasteiger partial charge is 0.399 e. The van der Waals surface area contributed by atoms with Crippen LogP contribution >= 0.6 is 0 Å². The summed E-state index contributed by atoms with van der Waals surface area (Å²) in [5, 5.41) is 7.75. The highest BCUT2D eigenvalue weighted by Gasteiger charge is 2.13. The van der Waals surface area contributed by atoms with E-state index < -0.39 is 10.0 Å². The third-order valence-electron chi connectivity index (χ3n) is 2.93. The van der Waals surface area contributed by atoms with Crippen LogP contribution in [0.1, 0.15) is 15.9 Å². The molecule has 6 nitrogen and oxygen atoms in total. The molecule has 0 aliphatic rings. The minimum atomic E-state index is -3.83. The molecule has 0 radical (unpaired) electrons. The number of amides is 1. The number of hydrogen-bond donors (Lipinski definition) is 3. The van der Waals surface area contributed by atoms with Gasteiger partial charge in [0.15, 0.2) is 0 Å². The van der Waals surface area contributed by atoms with Gasteiger partial charge in [-0.15, -0.1) is 0 Å². The lowest BCUT2D eigenvalue weighted by molar-refractivity contribution is 0.102. The van der Waals surface area contributed by atoms with Crippen LogP contribution in [-0.4, -0.2) is 14.3 Å². The first-order valence-corrected chi connectivity index (χ1v) is 7.62. The molecule has 110 valence electrons. The number of benzene rings is 2. The van der Waals surface area contributed by atoms with E-state index >= 15 is 0 Å². The molecule has 2 aromatic rings. The van der Waals surface area contributed by atoms with Crippen LogP contribution in [0.4, 0.5) is 11.4 Å². The molecule has 0 aromatic heterocycles. The van der Waals surface area contributed by atoms with Crippen LogP contribution in [-0.2, 0) is 10.0 Å². The number of hydrogen-bond acceptors (Lipinski definition) is 4. The van der Waals surface area contributed by atoms with Gasteiger partial charge in [0.2, 0.25) is 10.0 Å². The Kier molecular flexibility index (Phi) is 3.97. The van der Waals surface area contributed by atoms with Crippen molar-refractivity contribution in [2.45, 2.75) is 11.8 Å². The van der Waals surface area contributed by atoms with Gasteiger partial charge in [0.1, 0.15) is 0 Å². The molecule has 0 heterocycles. The van der Waals surface area contributed by atoms with Crippen molar-refractivity contribution in [3.05, 3.63) is 53.6 Å². The zero-order valence-electron chi connectivity index (χ0n) is 11.3. The molecule has 0 saturated heterocycles. The minimum absolute atomic E-state index is 0.0161. The van der Waals surface area contributed by atoms with Crippen LogP contribution in [0.5, 0.6) is 0 Å². The molecule has 0 atom stereocenters. The van der Waals surface area contributed by atoms with E-state index in [4.69, 9.17) is 10.9 Å². The summed E-state index contributed by atoms with van der Waals surface area (Å²) in [5.41, 5.74) is 7.39. The smallest absolute Gasteiger partial charge is 0.255 e.